The molecule has 1 unspecified atom stereocenters. The van der Waals surface area contributed by atoms with Crippen LogP contribution in [0, 0.1) is 0 Å². The van der Waals surface area contributed by atoms with Crippen LogP contribution < -0.4 is 10.6 Å². The first kappa shape index (κ1) is 13.5. The summed E-state index contributed by atoms with van der Waals surface area (Å²) >= 11 is 0. The van der Waals surface area contributed by atoms with Gasteiger partial charge in [-0.05, 0) is 19.8 Å². The SMILES string of the molecule is CCC(C)(CCO)Nc1nc(NC)nc2nc[nH]c12. The minimum atomic E-state index is -0.216. The molecule has 7 nitrogen and oxygen atoms in total. The highest BCUT2D eigenvalue weighted by molar-refractivity contribution is 5.84. The van der Waals surface area contributed by atoms with Gasteiger partial charge in [-0.3, -0.25) is 0 Å². The highest BCUT2D eigenvalue weighted by atomic mass is 16.3. The van der Waals surface area contributed by atoms with Gasteiger partial charge in [0.15, 0.2) is 11.5 Å². The standard InChI is InChI=1S/C12H20N6O/c1-4-12(2,5-6-19)18-10-8-9(15-7-14-8)16-11(13-3)17-10/h7,19H,4-6H2,1-3H3,(H3,13,14,15,16,17,18). The first-order valence-corrected chi connectivity index (χ1v) is 6.40. The predicted octanol–water partition coefficient (Wildman–Crippen LogP) is 1.36. The van der Waals surface area contributed by atoms with Crippen LogP contribution in [-0.4, -0.2) is 44.2 Å². The quantitative estimate of drug-likeness (QED) is 0.629. The fourth-order valence-corrected chi connectivity index (χ4v) is 1.90. The Hall–Kier alpha value is -1.89. The van der Waals surface area contributed by atoms with Crippen LogP contribution >= 0.6 is 0 Å². The summed E-state index contributed by atoms with van der Waals surface area (Å²) in [7, 11) is 1.77. The van der Waals surface area contributed by atoms with E-state index in [4.69, 9.17) is 0 Å². The molecule has 0 aliphatic carbocycles. The fourth-order valence-electron chi connectivity index (χ4n) is 1.90. The number of imidazole rings is 1. The van der Waals surface area contributed by atoms with Crippen molar-refractivity contribution in [2.45, 2.75) is 32.2 Å². The summed E-state index contributed by atoms with van der Waals surface area (Å²) in [6, 6.07) is 0. The lowest BCUT2D eigenvalue weighted by atomic mass is 9.95. The Morgan fingerprint density at radius 1 is 1.42 bits per heavy atom. The highest BCUT2D eigenvalue weighted by Gasteiger charge is 2.23. The smallest absolute Gasteiger partial charge is 0.226 e. The Labute approximate surface area is 111 Å². The lowest BCUT2D eigenvalue weighted by Crippen LogP contribution is -2.35. The summed E-state index contributed by atoms with van der Waals surface area (Å²) in [5.74, 6) is 1.22. The number of aromatic nitrogens is 4. The Morgan fingerprint density at radius 3 is 2.84 bits per heavy atom. The van der Waals surface area contributed by atoms with Crippen LogP contribution in [0.4, 0.5) is 11.8 Å². The van der Waals surface area contributed by atoms with Gasteiger partial charge < -0.3 is 20.7 Å². The van der Waals surface area contributed by atoms with E-state index in [1.165, 1.54) is 0 Å². The van der Waals surface area contributed by atoms with E-state index in [0.717, 1.165) is 11.9 Å². The van der Waals surface area contributed by atoms with Crippen LogP contribution in [0.2, 0.25) is 0 Å². The summed E-state index contributed by atoms with van der Waals surface area (Å²) in [4.78, 5) is 15.9. The maximum atomic E-state index is 9.18. The first-order chi connectivity index (χ1) is 9.11. The van der Waals surface area contributed by atoms with Crippen LogP contribution in [0.15, 0.2) is 6.33 Å². The molecular formula is C12H20N6O. The maximum Gasteiger partial charge on any atom is 0.226 e. The molecule has 2 aromatic heterocycles. The molecule has 104 valence electrons. The second-order valence-electron chi connectivity index (χ2n) is 4.76. The maximum absolute atomic E-state index is 9.18. The van der Waals surface area contributed by atoms with E-state index in [0.29, 0.717) is 23.8 Å². The Morgan fingerprint density at radius 2 is 2.21 bits per heavy atom. The summed E-state index contributed by atoms with van der Waals surface area (Å²) in [6.45, 7) is 4.27. The van der Waals surface area contributed by atoms with Crippen LogP contribution in [0.3, 0.4) is 0 Å². The van der Waals surface area contributed by atoms with E-state index in [9.17, 15) is 5.11 Å². The molecule has 2 rings (SSSR count). The number of anilines is 2. The van der Waals surface area contributed by atoms with Gasteiger partial charge in [0.25, 0.3) is 0 Å². The molecular weight excluding hydrogens is 244 g/mol. The summed E-state index contributed by atoms with van der Waals surface area (Å²) in [6.07, 6.45) is 3.12. The van der Waals surface area contributed by atoms with E-state index >= 15 is 0 Å². The number of hydrogen-bond acceptors (Lipinski definition) is 6. The molecule has 0 radical (unpaired) electrons. The van der Waals surface area contributed by atoms with Crippen LogP contribution in [0.1, 0.15) is 26.7 Å². The Bertz CT molecular complexity index is 554. The molecule has 2 aromatic rings. The number of H-pyrrole nitrogens is 1. The molecule has 0 saturated carbocycles. The summed E-state index contributed by atoms with van der Waals surface area (Å²) in [5.41, 5.74) is 1.17. The van der Waals surface area contributed by atoms with Crippen molar-refractivity contribution in [1.82, 2.24) is 19.9 Å². The zero-order valence-corrected chi connectivity index (χ0v) is 11.5. The minimum absolute atomic E-state index is 0.132. The molecule has 2 heterocycles. The molecule has 0 aromatic carbocycles. The van der Waals surface area contributed by atoms with E-state index in [1.54, 1.807) is 13.4 Å². The van der Waals surface area contributed by atoms with E-state index < -0.39 is 0 Å². The Balaban J connectivity index is 2.40. The topological polar surface area (TPSA) is 98.8 Å². The van der Waals surface area contributed by atoms with Crippen LogP contribution in [-0.2, 0) is 0 Å². The molecule has 0 saturated heterocycles. The van der Waals surface area contributed by atoms with Crippen molar-refractivity contribution in [1.29, 1.82) is 0 Å². The average molecular weight is 264 g/mol. The molecule has 19 heavy (non-hydrogen) atoms. The number of aromatic amines is 1. The van der Waals surface area contributed by atoms with Crippen molar-refractivity contribution in [3.63, 3.8) is 0 Å². The van der Waals surface area contributed by atoms with Crippen LogP contribution in [0.25, 0.3) is 11.2 Å². The second kappa shape index (κ2) is 5.40. The van der Waals surface area contributed by atoms with Gasteiger partial charge in [0.2, 0.25) is 5.95 Å². The summed E-state index contributed by atoms with van der Waals surface area (Å²) < 4.78 is 0. The number of aliphatic hydroxyl groups is 1. The third-order valence-corrected chi connectivity index (χ3v) is 3.37. The largest absolute Gasteiger partial charge is 0.396 e. The number of rotatable bonds is 6. The molecule has 0 spiro atoms. The van der Waals surface area contributed by atoms with E-state index in [1.807, 2.05) is 0 Å². The molecule has 0 aliphatic rings. The van der Waals surface area contributed by atoms with Crippen molar-refractivity contribution in [2.75, 3.05) is 24.3 Å². The molecule has 0 amide bonds. The zero-order valence-electron chi connectivity index (χ0n) is 11.5. The zero-order chi connectivity index (χ0) is 13.9. The number of nitrogens with zero attached hydrogens (tertiary/aromatic N) is 3. The van der Waals surface area contributed by atoms with Crippen molar-refractivity contribution in [2.24, 2.45) is 0 Å². The van der Waals surface area contributed by atoms with Gasteiger partial charge in [-0.25, -0.2) is 4.98 Å². The van der Waals surface area contributed by atoms with Gasteiger partial charge in [-0.2, -0.15) is 9.97 Å². The minimum Gasteiger partial charge on any atom is -0.396 e. The molecule has 1 atom stereocenters. The van der Waals surface area contributed by atoms with Gasteiger partial charge in [-0.1, -0.05) is 6.92 Å². The van der Waals surface area contributed by atoms with Gasteiger partial charge in [0.05, 0.1) is 6.33 Å². The van der Waals surface area contributed by atoms with Gasteiger partial charge in [0.1, 0.15) is 5.52 Å². The second-order valence-corrected chi connectivity index (χ2v) is 4.76. The van der Waals surface area contributed by atoms with E-state index in [2.05, 4.69) is 44.4 Å². The third kappa shape index (κ3) is 2.76. The summed E-state index contributed by atoms with van der Waals surface area (Å²) in [5, 5.41) is 15.5. The molecule has 0 aliphatic heterocycles. The van der Waals surface area contributed by atoms with Gasteiger partial charge in [-0.15, -0.1) is 0 Å². The molecule has 0 bridgehead atoms. The van der Waals surface area contributed by atoms with Crippen molar-refractivity contribution >= 4 is 22.9 Å². The number of aliphatic hydroxyl groups excluding tert-OH is 1. The number of fused-ring (bicyclic) bond motifs is 1. The monoisotopic (exact) mass is 264 g/mol. The average Bonchev–Trinajstić information content (AvgIpc) is 2.87. The number of nitrogens with one attached hydrogen (secondary N) is 3. The number of hydrogen-bond donors (Lipinski definition) is 4. The first-order valence-electron chi connectivity index (χ1n) is 6.40. The lowest BCUT2D eigenvalue weighted by Gasteiger charge is -2.29. The van der Waals surface area contributed by atoms with Gasteiger partial charge in [0, 0.05) is 19.2 Å². The normalized spacial score (nSPS) is 14.3. The molecule has 4 N–H and O–H groups in total. The van der Waals surface area contributed by atoms with Gasteiger partial charge >= 0.3 is 0 Å². The molecule has 0 fully saturated rings. The third-order valence-electron chi connectivity index (χ3n) is 3.37. The highest BCUT2D eigenvalue weighted by Crippen LogP contribution is 2.25. The fraction of sp³-hybridized carbons (Fsp3) is 0.583. The van der Waals surface area contributed by atoms with Crippen molar-refractivity contribution < 1.29 is 5.11 Å². The van der Waals surface area contributed by atoms with Crippen molar-refractivity contribution in [3.05, 3.63) is 6.33 Å². The molecule has 7 heteroatoms. The predicted molar refractivity (Wildman–Crippen MR) is 75.3 cm³/mol. The van der Waals surface area contributed by atoms with E-state index in [-0.39, 0.29) is 12.1 Å². The van der Waals surface area contributed by atoms with Crippen molar-refractivity contribution in [3.8, 4) is 0 Å². The van der Waals surface area contributed by atoms with Crippen LogP contribution in [0.5, 0.6) is 0 Å². The Kier molecular flexibility index (Phi) is 3.84. The lowest BCUT2D eigenvalue weighted by molar-refractivity contribution is 0.252.